The Kier molecular flexibility index (Phi) is 18.6. The monoisotopic (exact) mass is 640 g/mol. The van der Waals surface area contributed by atoms with Crippen molar-refractivity contribution in [3.8, 4) is 0 Å². The van der Waals surface area contributed by atoms with Crippen molar-refractivity contribution in [2.24, 2.45) is 40.9 Å². The number of nitrogens with one attached hydrogen (secondary N) is 5. The predicted molar refractivity (Wildman–Crippen MR) is 170 cm³/mol. The van der Waals surface area contributed by atoms with Crippen LogP contribution in [0.1, 0.15) is 87.5 Å². The number of carbonyl (C=O) groups excluding carboxylic acids is 7. The zero-order chi connectivity index (χ0) is 35.0. The summed E-state index contributed by atoms with van der Waals surface area (Å²) in [6.45, 7) is 14.1. The molecule has 0 fully saturated rings. The number of primary amides is 2. The molecule has 0 rings (SSSR count). The third kappa shape index (κ3) is 17.4. The molecule has 0 radical (unpaired) electrons. The molecule has 0 aromatic carbocycles. The quantitative estimate of drug-likeness (QED) is 0.0763. The molecule has 0 saturated carbocycles. The van der Waals surface area contributed by atoms with E-state index in [1.54, 1.807) is 13.8 Å². The van der Waals surface area contributed by atoms with Crippen LogP contribution in [0.4, 0.5) is 0 Å². The second-order valence-corrected chi connectivity index (χ2v) is 13.1. The molecule has 5 atom stereocenters. The third-order valence-electron chi connectivity index (χ3n) is 6.77. The fraction of sp³-hybridized carbons (Fsp3) is 0.767. The van der Waals surface area contributed by atoms with Gasteiger partial charge in [0.05, 0.1) is 12.6 Å². The Morgan fingerprint density at radius 1 is 0.578 bits per heavy atom. The van der Waals surface area contributed by atoms with Crippen molar-refractivity contribution in [3.63, 3.8) is 0 Å². The summed E-state index contributed by atoms with van der Waals surface area (Å²) in [6.07, 6.45) is 0.516. The first-order chi connectivity index (χ1) is 20.7. The number of hydrogen-bond donors (Lipinski definition) is 8. The summed E-state index contributed by atoms with van der Waals surface area (Å²) in [5, 5.41) is 12.8. The molecule has 45 heavy (non-hydrogen) atoms. The molecule has 0 aliphatic rings. The van der Waals surface area contributed by atoms with E-state index in [1.165, 1.54) is 0 Å². The standard InChI is InChI=1S/C30H56N8O7/c1-15(2)11-19(31)27(42)37-22(13-17(5)6)29(44)36-20(9-10-23(32)39)28(43)34-14-24(40)35-21(12-16(3)4)30(45)38-25(18(7)8)26(33)41/h15-22,25H,9-14,31H2,1-8H3,(H2,32,39)(H2,33,41)(H,34,43)(H,35,40)(H,36,44)(H,37,42)(H,38,45). The average Bonchev–Trinajstić information content (AvgIpc) is 2.90. The minimum absolute atomic E-state index is 0.00117. The molecule has 0 spiro atoms. The smallest absolute Gasteiger partial charge is 0.243 e. The van der Waals surface area contributed by atoms with E-state index in [2.05, 4.69) is 26.6 Å². The van der Waals surface area contributed by atoms with Crippen LogP contribution >= 0.6 is 0 Å². The highest BCUT2D eigenvalue weighted by Crippen LogP contribution is 2.10. The summed E-state index contributed by atoms with van der Waals surface area (Å²) in [5.74, 6) is -4.78. The highest BCUT2D eigenvalue weighted by Gasteiger charge is 2.31. The van der Waals surface area contributed by atoms with Crippen molar-refractivity contribution >= 4 is 41.4 Å². The number of hydrogen-bond acceptors (Lipinski definition) is 8. The Morgan fingerprint density at radius 2 is 1.04 bits per heavy atom. The summed E-state index contributed by atoms with van der Waals surface area (Å²) in [5.41, 5.74) is 16.6. The van der Waals surface area contributed by atoms with E-state index in [1.807, 2.05) is 41.5 Å². The molecule has 0 aliphatic carbocycles. The Morgan fingerprint density at radius 3 is 1.49 bits per heavy atom. The van der Waals surface area contributed by atoms with Gasteiger partial charge in [0, 0.05) is 6.42 Å². The van der Waals surface area contributed by atoms with E-state index < -0.39 is 78.1 Å². The van der Waals surface area contributed by atoms with E-state index in [9.17, 15) is 33.6 Å². The van der Waals surface area contributed by atoms with Crippen LogP contribution in [0.5, 0.6) is 0 Å². The van der Waals surface area contributed by atoms with Crippen LogP contribution in [-0.2, 0) is 33.6 Å². The van der Waals surface area contributed by atoms with Gasteiger partial charge in [-0.2, -0.15) is 0 Å². The lowest BCUT2D eigenvalue weighted by atomic mass is 10.00. The molecular weight excluding hydrogens is 584 g/mol. The van der Waals surface area contributed by atoms with Gasteiger partial charge in [-0.05, 0) is 49.4 Å². The first-order valence-corrected chi connectivity index (χ1v) is 15.6. The van der Waals surface area contributed by atoms with Crippen molar-refractivity contribution in [3.05, 3.63) is 0 Å². The minimum atomic E-state index is -1.26. The molecule has 0 aromatic heterocycles. The molecule has 0 bridgehead atoms. The molecule has 11 N–H and O–H groups in total. The van der Waals surface area contributed by atoms with Crippen molar-refractivity contribution in [1.82, 2.24) is 26.6 Å². The average molecular weight is 641 g/mol. The van der Waals surface area contributed by atoms with Gasteiger partial charge >= 0.3 is 0 Å². The maximum Gasteiger partial charge on any atom is 0.243 e. The largest absolute Gasteiger partial charge is 0.370 e. The number of nitrogens with two attached hydrogens (primary N) is 3. The van der Waals surface area contributed by atoms with Gasteiger partial charge in [0.15, 0.2) is 0 Å². The first kappa shape index (κ1) is 41.2. The molecule has 0 saturated heterocycles. The van der Waals surface area contributed by atoms with Crippen LogP contribution in [-0.4, -0.2) is 78.1 Å². The lowest BCUT2D eigenvalue weighted by Gasteiger charge is -2.26. The highest BCUT2D eigenvalue weighted by atomic mass is 16.2. The molecule has 15 heteroatoms. The van der Waals surface area contributed by atoms with E-state index >= 15 is 0 Å². The van der Waals surface area contributed by atoms with Gasteiger partial charge in [-0.25, -0.2) is 0 Å². The summed E-state index contributed by atoms with van der Waals surface area (Å²) in [6, 6.07) is -5.04. The van der Waals surface area contributed by atoms with Crippen LogP contribution in [0, 0.1) is 23.7 Å². The van der Waals surface area contributed by atoms with Crippen LogP contribution < -0.4 is 43.8 Å². The topological polar surface area (TPSA) is 258 Å². The molecule has 0 aliphatic heterocycles. The highest BCUT2D eigenvalue weighted by molar-refractivity contribution is 5.95. The van der Waals surface area contributed by atoms with Crippen LogP contribution in [0.2, 0.25) is 0 Å². The number of rotatable bonds is 21. The normalized spacial score (nSPS) is 14.7. The first-order valence-electron chi connectivity index (χ1n) is 15.6. The molecule has 0 aromatic rings. The van der Waals surface area contributed by atoms with Gasteiger partial charge in [0.2, 0.25) is 41.4 Å². The summed E-state index contributed by atoms with van der Waals surface area (Å²) < 4.78 is 0. The molecule has 258 valence electrons. The maximum atomic E-state index is 13.2. The zero-order valence-corrected chi connectivity index (χ0v) is 28.0. The number of carbonyl (C=O) groups is 7. The van der Waals surface area contributed by atoms with E-state index in [4.69, 9.17) is 17.2 Å². The fourth-order valence-electron chi connectivity index (χ4n) is 4.48. The lowest BCUT2D eigenvalue weighted by molar-refractivity contribution is -0.134. The third-order valence-corrected chi connectivity index (χ3v) is 6.77. The Labute approximate surface area is 266 Å². The van der Waals surface area contributed by atoms with Crippen LogP contribution in [0.15, 0.2) is 0 Å². The fourth-order valence-corrected chi connectivity index (χ4v) is 4.48. The van der Waals surface area contributed by atoms with Gasteiger partial charge in [-0.1, -0.05) is 55.4 Å². The van der Waals surface area contributed by atoms with Gasteiger partial charge in [0.25, 0.3) is 0 Å². The van der Waals surface area contributed by atoms with Gasteiger partial charge in [-0.15, -0.1) is 0 Å². The summed E-state index contributed by atoms with van der Waals surface area (Å²) >= 11 is 0. The Hall–Kier alpha value is -3.75. The van der Waals surface area contributed by atoms with Gasteiger partial charge in [-0.3, -0.25) is 33.6 Å². The molecular formula is C30H56N8O7. The Balaban J connectivity index is 5.63. The second kappa shape index (κ2) is 20.3. The van der Waals surface area contributed by atoms with E-state index in [0.717, 1.165) is 0 Å². The van der Waals surface area contributed by atoms with Crippen molar-refractivity contribution in [1.29, 1.82) is 0 Å². The van der Waals surface area contributed by atoms with Crippen LogP contribution in [0.3, 0.4) is 0 Å². The van der Waals surface area contributed by atoms with Crippen molar-refractivity contribution in [2.75, 3.05) is 6.54 Å². The summed E-state index contributed by atoms with van der Waals surface area (Å²) in [4.78, 5) is 87.9. The van der Waals surface area contributed by atoms with E-state index in [0.29, 0.717) is 6.42 Å². The number of amides is 7. The Bertz CT molecular complexity index is 1030. The molecule has 5 unspecified atom stereocenters. The minimum Gasteiger partial charge on any atom is -0.370 e. The van der Waals surface area contributed by atoms with E-state index in [-0.39, 0.29) is 49.4 Å². The molecule has 0 heterocycles. The SMILES string of the molecule is CC(C)CC(N)C(=O)NC(CC(C)C)C(=O)NC(CCC(N)=O)C(=O)NCC(=O)NC(CC(C)C)C(=O)NC(C(N)=O)C(C)C. The second-order valence-electron chi connectivity index (χ2n) is 13.1. The summed E-state index contributed by atoms with van der Waals surface area (Å²) in [7, 11) is 0. The molecule has 15 nitrogen and oxygen atoms in total. The van der Waals surface area contributed by atoms with Crippen molar-refractivity contribution < 1.29 is 33.6 Å². The molecule has 7 amide bonds. The predicted octanol–water partition coefficient (Wildman–Crippen LogP) is -1.09. The lowest BCUT2D eigenvalue weighted by Crippen LogP contribution is -2.57. The van der Waals surface area contributed by atoms with Gasteiger partial charge < -0.3 is 43.8 Å². The van der Waals surface area contributed by atoms with Crippen molar-refractivity contribution in [2.45, 2.75) is 118 Å². The zero-order valence-electron chi connectivity index (χ0n) is 28.0. The van der Waals surface area contributed by atoms with Gasteiger partial charge in [0.1, 0.15) is 24.2 Å². The maximum absolute atomic E-state index is 13.2. The van der Waals surface area contributed by atoms with Crippen LogP contribution in [0.25, 0.3) is 0 Å².